The van der Waals surface area contributed by atoms with Crippen LogP contribution in [-0.4, -0.2) is 26.7 Å². The molecular weight excluding hydrogens is 358 g/mol. The zero-order valence-electron chi connectivity index (χ0n) is 15.7. The fraction of sp³-hybridized carbons (Fsp3) is 0.143. The summed E-state index contributed by atoms with van der Waals surface area (Å²) in [5, 5.41) is 10.6. The predicted octanol–water partition coefficient (Wildman–Crippen LogP) is 2.80. The van der Waals surface area contributed by atoms with Crippen molar-refractivity contribution in [3.8, 4) is 11.6 Å². The van der Waals surface area contributed by atoms with Gasteiger partial charge < -0.3 is 5.11 Å². The maximum atomic E-state index is 12.3. The van der Waals surface area contributed by atoms with Crippen LogP contribution >= 0.6 is 0 Å². The van der Waals surface area contributed by atoms with E-state index in [1.54, 1.807) is 36.4 Å². The number of aliphatic imine (C=N–C) groups is 1. The number of aryl methyl sites for hydroxylation is 2. The Morgan fingerprint density at radius 3 is 2.54 bits per heavy atom. The normalized spacial score (nSPS) is 11.1. The van der Waals surface area contributed by atoms with E-state index in [1.165, 1.54) is 13.1 Å². The van der Waals surface area contributed by atoms with Crippen LogP contribution in [0.3, 0.4) is 0 Å². The summed E-state index contributed by atoms with van der Waals surface area (Å²) in [6, 6.07) is 11.8. The summed E-state index contributed by atoms with van der Waals surface area (Å²) in [4.78, 5) is 42.3. The molecule has 3 aromatic rings. The van der Waals surface area contributed by atoms with Gasteiger partial charge in [0.1, 0.15) is 5.56 Å². The van der Waals surface area contributed by atoms with Gasteiger partial charge in [-0.15, -0.1) is 0 Å². The molecule has 0 saturated carbocycles. The number of benzene rings is 2. The number of aromatic amines is 1. The third-order valence-electron chi connectivity index (χ3n) is 4.46. The molecule has 0 unspecified atom stereocenters. The van der Waals surface area contributed by atoms with Gasteiger partial charge in [-0.3, -0.25) is 19.6 Å². The van der Waals surface area contributed by atoms with Crippen molar-refractivity contribution in [2.45, 2.75) is 20.8 Å². The third kappa shape index (κ3) is 3.68. The van der Waals surface area contributed by atoms with Crippen molar-refractivity contribution in [2.24, 2.45) is 4.99 Å². The van der Waals surface area contributed by atoms with E-state index in [4.69, 9.17) is 0 Å². The largest absolute Gasteiger partial charge is 0.493 e. The van der Waals surface area contributed by atoms with Crippen LogP contribution in [0.2, 0.25) is 0 Å². The van der Waals surface area contributed by atoms with Crippen LogP contribution in [0.25, 0.3) is 5.69 Å². The number of aromatic nitrogens is 2. The maximum absolute atomic E-state index is 12.3. The number of hydrogen-bond acceptors (Lipinski definition) is 5. The first-order valence-corrected chi connectivity index (χ1v) is 8.59. The van der Waals surface area contributed by atoms with Crippen molar-refractivity contribution in [2.75, 3.05) is 0 Å². The van der Waals surface area contributed by atoms with E-state index in [-0.39, 0.29) is 11.3 Å². The second-order valence-electron chi connectivity index (χ2n) is 6.47. The minimum Gasteiger partial charge on any atom is -0.493 e. The molecule has 0 fully saturated rings. The molecule has 0 amide bonds. The standard InChI is InChI=1S/C21H19N3O4/c1-12-7-8-17(9-13(12)2)24-20(27)18(19(26)23-21(24)28)11-22-16-6-4-5-15(10-16)14(3)25/h4-11,27H,1-3H3,(H,23,26,28). The summed E-state index contributed by atoms with van der Waals surface area (Å²) < 4.78 is 1.02. The number of rotatable bonds is 4. The molecule has 0 bridgehead atoms. The Kier molecular flexibility index (Phi) is 5.08. The van der Waals surface area contributed by atoms with Crippen LogP contribution in [0, 0.1) is 13.8 Å². The lowest BCUT2D eigenvalue weighted by Crippen LogP contribution is -2.31. The van der Waals surface area contributed by atoms with Crippen LogP contribution in [-0.2, 0) is 0 Å². The lowest BCUT2D eigenvalue weighted by atomic mass is 10.1. The van der Waals surface area contributed by atoms with Gasteiger partial charge >= 0.3 is 5.69 Å². The van der Waals surface area contributed by atoms with Crippen molar-refractivity contribution < 1.29 is 9.90 Å². The van der Waals surface area contributed by atoms with Crippen molar-refractivity contribution in [1.82, 2.24) is 9.55 Å². The SMILES string of the molecule is CC(=O)c1cccc(N=Cc2c(O)n(-c3ccc(C)c(C)c3)c(=O)[nH]c2=O)c1. The third-order valence-corrected chi connectivity index (χ3v) is 4.46. The molecule has 1 aromatic heterocycles. The summed E-state index contributed by atoms with van der Waals surface area (Å²) in [7, 11) is 0. The molecule has 7 nitrogen and oxygen atoms in total. The van der Waals surface area contributed by atoms with Gasteiger partial charge in [-0.25, -0.2) is 9.36 Å². The average molecular weight is 377 g/mol. The number of nitrogens with zero attached hydrogens (tertiary/aromatic N) is 2. The number of Topliss-reactive ketones (excluding diaryl/α,β-unsaturated/α-hetero) is 1. The van der Waals surface area contributed by atoms with E-state index in [0.29, 0.717) is 16.9 Å². The Labute approximate surface area is 160 Å². The van der Waals surface area contributed by atoms with Crippen molar-refractivity contribution >= 4 is 17.7 Å². The van der Waals surface area contributed by atoms with Crippen LogP contribution in [0.4, 0.5) is 5.69 Å². The number of ketones is 1. The van der Waals surface area contributed by atoms with Gasteiger partial charge in [-0.05, 0) is 56.2 Å². The fourth-order valence-corrected chi connectivity index (χ4v) is 2.70. The minimum atomic E-state index is -0.756. The molecule has 0 spiro atoms. The average Bonchev–Trinajstić information content (AvgIpc) is 2.64. The van der Waals surface area contributed by atoms with Gasteiger partial charge in [-0.2, -0.15) is 0 Å². The van der Waals surface area contributed by atoms with E-state index in [9.17, 15) is 19.5 Å². The number of H-pyrrole nitrogens is 1. The first-order chi connectivity index (χ1) is 13.3. The van der Waals surface area contributed by atoms with Crippen LogP contribution in [0.15, 0.2) is 57.0 Å². The summed E-state index contributed by atoms with van der Waals surface area (Å²) in [6.45, 7) is 5.26. The number of carbonyl (C=O) groups is 1. The second-order valence-corrected chi connectivity index (χ2v) is 6.47. The molecule has 142 valence electrons. The summed E-state index contributed by atoms with van der Waals surface area (Å²) >= 11 is 0. The van der Waals surface area contributed by atoms with E-state index >= 15 is 0 Å². The molecule has 28 heavy (non-hydrogen) atoms. The quantitative estimate of drug-likeness (QED) is 0.539. The topological polar surface area (TPSA) is 105 Å². The highest BCUT2D eigenvalue weighted by Gasteiger charge is 2.14. The number of hydrogen-bond donors (Lipinski definition) is 2. The molecule has 3 rings (SSSR count). The highest BCUT2D eigenvalue weighted by Crippen LogP contribution is 2.19. The van der Waals surface area contributed by atoms with Crippen molar-refractivity contribution in [3.63, 3.8) is 0 Å². The van der Waals surface area contributed by atoms with Crippen LogP contribution in [0.5, 0.6) is 5.88 Å². The number of aromatic hydroxyl groups is 1. The lowest BCUT2D eigenvalue weighted by molar-refractivity contribution is 0.101. The summed E-state index contributed by atoms with van der Waals surface area (Å²) in [5.74, 6) is -0.621. The molecule has 0 atom stereocenters. The van der Waals surface area contributed by atoms with Crippen molar-refractivity contribution in [1.29, 1.82) is 0 Å². The Balaban J connectivity index is 2.11. The highest BCUT2D eigenvalue weighted by molar-refractivity contribution is 5.95. The molecule has 0 radical (unpaired) electrons. The van der Waals surface area contributed by atoms with Gasteiger partial charge in [0.05, 0.1) is 11.4 Å². The molecule has 0 aliphatic rings. The molecule has 0 aliphatic carbocycles. The zero-order valence-corrected chi connectivity index (χ0v) is 15.7. The van der Waals surface area contributed by atoms with E-state index in [0.717, 1.165) is 15.7 Å². The van der Waals surface area contributed by atoms with Crippen molar-refractivity contribution in [3.05, 3.63) is 85.6 Å². The van der Waals surface area contributed by atoms with Crippen LogP contribution < -0.4 is 11.2 Å². The molecule has 7 heteroatoms. The molecule has 0 saturated heterocycles. The molecule has 2 N–H and O–H groups in total. The Morgan fingerprint density at radius 1 is 1.11 bits per heavy atom. The second kappa shape index (κ2) is 7.48. The van der Waals surface area contributed by atoms with E-state index in [1.807, 2.05) is 19.9 Å². The molecular formula is C21H19N3O4. The van der Waals surface area contributed by atoms with Crippen LogP contribution in [0.1, 0.15) is 34.0 Å². The molecule has 1 heterocycles. The predicted molar refractivity (Wildman–Crippen MR) is 107 cm³/mol. The zero-order chi connectivity index (χ0) is 20.4. The van der Waals surface area contributed by atoms with E-state index < -0.39 is 17.1 Å². The van der Waals surface area contributed by atoms with Gasteiger partial charge in [0, 0.05) is 11.8 Å². The smallest absolute Gasteiger partial charge is 0.335 e. The highest BCUT2D eigenvalue weighted by atomic mass is 16.3. The maximum Gasteiger partial charge on any atom is 0.335 e. The molecule has 0 aliphatic heterocycles. The molecule has 2 aromatic carbocycles. The van der Waals surface area contributed by atoms with E-state index in [2.05, 4.69) is 9.98 Å². The van der Waals surface area contributed by atoms with Gasteiger partial charge in [0.25, 0.3) is 5.56 Å². The Bertz CT molecular complexity index is 1220. The lowest BCUT2D eigenvalue weighted by Gasteiger charge is -2.11. The fourth-order valence-electron chi connectivity index (χ4n) is 2.70. The van der Waals surface area contributed by atoms with Gasteiger partial charge in [0.15, 0.2) is 5.78 Å². The Morgan fingerprint density at radius 2 is 1.86 bits per heavy atom. The first-order valence-electron chi connectivity index (χ1n) is 8.59. The minimum absolute atomic E-state index is 0.110. The monoisotopic (exact) mass is 377 g/mol. The summed E-state index contributed by atoms with van der Waals surface area (Å²) in [5.41, 5.74) is 1.65. The van der Waals surface area contributed by atoms with Gasteiger partial charge in [-0.1, -0.05) is 18.2 Å². The number of carbonyl (C=O) groups excluding carboxylic acids is 1. The first kappa shape index (κ1) is 19.0. The van der Waals surface area contributed by atoms with Gasteiger partial charge in [0.2, 0.25) is 5.88 Å². The Hall–Kier alpha value is -3.74. The summed E-state index contributed by atoms with van der Waals surface area (Å²) in [6.07, 6.45) is 1.17. The number of nitrogens with one attached hydrogen (secondary N) is 1.